The number of hydrogen-bond acceptors (Lipinski definition) is 4. The molecule has 1 unspecified atom stereocenters. The van der Waals surface area contributed by atoms with Crippen LogP contribution >= 0.6 is 0 Å². The molecule has 1 amide bonds. The number of carbonyl (C=O) groups excluding carboxylic acids is 1. The molecule has 6 nitrogen and oxygen atoms in total. The summed E-state index contributed by atoms with van der Waals surface area (Å²) in [6.45, 7) is 15.8. The van der Waals surface area contributed by atoms with E-state index in [1.807, 2.05) is 27.7 Å². The van der Waals surface area contributed by atoms with Gasteiger partial charge in [0.2, 0.25) is 10.0 Å². The van der Waals surface area contributed by atoms with Crippen LogP contribution in [0.1, 0.15) is 68.2 Å². The molecule has 1 aliphatic heterocycles. The summed E-state index contributed by atoms with van der Waals surface area (Å²) >= 11 is 0. The number of piperidine rings is 1. The van der Waals surface area contributed by atoms with E-state index >= 15 is 0 Å². The Labute approximate surface area is 147 Å². The van der Waals surface area contributed by atoms with Crippen molar-refractivity contribution in [2.24, 2.45) is 5.41 Å². The van der Waals surface area contributed by atoms with Crippen LogP contribution in [0.15, 0.2) is 0 Å². The van der Waals surface area contributed by atoms with Crippen molar-refractivity contribution in [3.05, 3.63) is 0 Å². The largest absolute Gasteiger partial charge is 0.444 e. The van der Waals surface area contributed by atoms with Gasteiger partial charge in [-0.1, -0.05) is 6.92 Å². The van der Waals surface area contributed by atoms with Crippen LogP contribution in [-0.4, -0.2) is 48.9 Å². The molecule has 0 spiro atoms. The van der Waals surface area contributed by atoms with Crippen molar-refractivity contribution >= 4 is 16.1 Å². The van der Waals surface area contributed by atoms with Crippen LogP contribution in [0.25, 0.3) is 0 Å². The minimum atomic E-state index is -3.39. The maximum atomic E-state index is 12.4. The maximum absolute atomic E-state index is 12.4. The quantitative estimate of drug-likeness (QED) is 0.837. The van der Waals surface area contributed by atoms with Gasteiger partial charge in [-0.2, -0.15) is 0 Å². The first-order valence-corrected chi connectivity index (χ1v) is 10.1. The summed E-state index contributed by atoms with van der Waals surface area (Å²) in [6.07, 6.45) is 1.17. The summed E-state index contributed by atoms with van der Waals surface area (Å²) < 4.78 is 32.2. The van der Waals surface area contributed by atoms with Crippen molar-refractivity contribution in [1.29, 1.82) is 0 Å². The number of sulfonamides is 1. The lowest BCUT2D eigenvalue weighted by Crippen LogP contribution is -2.54. The van der Waals surface area contributed by atoms with E-state index in [9.17, 15) is 13.2 Å². The number of ether oxygens (including phenoxy) is 1. The van der Waals surface area contributed by atoms with Crippen molar-refractivity contribution in [2.45, 2.75) is 84.6 Å². The van der Waals surface area contributed by atoms with Crippen molar-refractivity contribution in [1.82, 2.24) is 9.62 Å². The zero-order valence-corrected chi connectivity index (χ0v) is 17.2. The molecular weight excluding hydrogens is 328 g/mol. The number of rotatable bonds is 3. The average Bonchev–Trinajstić information content (AvgIpc) is 2.35. The molecule has 1 fully saturated rings. The summed E-state index contributed by atoms with van der Waals surface area (Å²) in [5.41, 5.74) is -0.690. The highest BCUT2D eigenvalue weighted by Crippen LogP contribution is 2.35. The first-order valence-electron chi connectivity index (χ1n) is 8.57. The molecule has 24 heavy (non-hydrogen) atoms. The highest BCUT2D eigenvalue weighted by Gasteiger charge is 2.40. The van der Waals surface area contributed by atoms with Crippen molar-refractivity contribution < 1.29 is 17.9 Å². The normalized spacial score (nSPS) is 20.6. The van der Waals surface area contributed by atoms with E-state index in [1.54, 1.807) is 25.7 Å². The van der Waals surface area contributed by atoms with Crippen LogP contribution < -0.4 is 4.72 Å². The van der Waals surface area contributed by atoms with Gasteiger partial charge in [-0.3, -0.25) is 0 Å². The molecule has 0 aromatic heterocycles. The standard InChI is InChI=1S/C17H34N2O4S/c1-13(18-24(21,22)16(5,6)7)17(8)9-11-19(12-10-17)14(20)23-15(2,3)4/h13,18H,9-12H2,1-8H3. The van der Waals surface area contributed by atoms with Crippen molar-refractivity contribution in [3.63, 3.8) is 0 Å². The molecule has 1 rings (SSSR count). The second kappa shape index (κ2) is 6.83. The second-order valence-corrected chi connectivity index (χ2v) is 11.5. The molecule has 0 aromatic rings. The van der Waals surface area contributed by atoms with E-state index in [2.05, 4.69) is 11.6 Å². The van der Waals surface area contributed by atoms with Gasteiger partial charge in [-0.25, -0.2) is 17.9 Å². The predicted molar refractivity (Wildman–Crippen MR) is 96.4 cm³/mol. The lowest BCUT2D eigenvalue weighted by molar-refractivity contribution is 0.00899. The molecule has 0 radical (unpaired) electrons. The maximum Gasteiger partial charge on any atom is 0.410 e. The van der Waals surface area contributed by atoms with E-state index in [4.69, 9.17) is 4.74 Å². The van der Waals surface area contributed by atoms with E-state index in [0.717, 1.165) is 12.8 Å². The SMILES string of the molecule is CC(NS(=O)(=O)C(C)(C)C)C1(C)CCN(C(=O)OC(C)(C)C)CC1. The van der Waals surface area contributed by atoms with Gasteiger partial charge in [0.05, 0.1) is 4.75 Å². The molecule has 7 heteroatoms. The molecule has 1 saturated heterocycles. The lowest BCUT2D eigenvalue weighted by atomic mass is 9.75. The minimum absolute atomic E-state index is 0.184. The van der Waals surface area contributed by atoms with E-state index in [-0.39, 0.29) is 17.6 Å². The summed E-state index contributed by atoms with van der Waals surface area (Å²) in [6, 6.07) is -0.192. The molecule has 1 N–H and O–H groups in total. The second-order valence-electron chi connectivity index (χ2n) is 9.08. The van der Waals surface area contributed by atoms with Crippen LogP contribution in [0.4, 0.5) is 4.79 Å². The van der Waals surface area contributed by atoms with Gasteiger partial charge in [0.1, 0.15) is 5.60 Å². The van der Waals surface area contributed by atoms with Crippen LogP contribution in [0.5, 0.6) is 0 Å². The fraction of sp³-hybridized carbons (Fsp3) is 0.941. The Balaban J connectivity index is 2.69. The van der Waals surface area contributed by atoms with Crippen molar-refractivity contribution in [2.75, 3.05) is 13.1 Å². The third-order valence-electron chi connectivity index (χ3n) is 4.74. The topological polar surface area (TPSA) is 75.7 Å². The van der Waals surface area contributed by atoms with Crippen LogP contribution in [0.3, 0.4) is 0 Å². The number of carbonyl (C=O) groups is 1. The van der Waals surface area contributed by atoms with Crippen LogP contribution in [0, 0.1) is 5.41 Å². The molecule has 142 valence electrons. The van der Waals surface area contributed by atoms with E-state index in [0.29, 0.717) is 13.1 Å². The first-order chi connectivity index (χ1) is 10.6. The number of amides is 1. The van der Waals surface area contributed by atoms with Gasteiger partial charge in [0, 0.05) is 19.1 Å². The third-order valence-corrected chi connectivity index (χ3v) is 7.02. The third kappa shape index (κ3) is 5.34. The Morgan fingerprint density at radius 2 is 1.58 bits per heavy atom. The molecule has 1 atom stereocenters. The van der Waals surface area contributed by atoms with E-state index in [1.165, 1.54) is 0 Å². The average molecular weight is 363 g/mol. The summed E-state index contributed by atoms with van der Waals surface area (Å²) in [5.74, 6) is 0. The Morgan fingerprint density at radius 3 is 1.96 bits per heavy atom. The number of nitrogens with zero attached hydrogens (tertiary/aromatic N) is 1. The molecule has 1 heterocycles. The zero-order chi connectivity index (χ0) is 19.0. The summed E-state index contributed by atoms with van der Waals surface area (Å²) in [7, 11) is -3.39. The smallest absolute Gasteiger partial charge is 0.410 e. The molecular formula is C17H34N2O4S. The molecule has 0 aromatic carbocycles. The Hall–Kier alpha value is -0.820. The molecule has 0 saturated carbocycles. The number of likely N-dealkylation sites (tertiary alicyclic amines) is 1. The Bertz CT molecular complexity index is 550. The fourth-order valence-corrected chi connectivity index (χ4v) is 3.61. The molecule has 0 aliphatic carbocycles. The van der Waals surface area contributed by atoms with Gasteiger partial charge in [-0.05, 0) is 66.7 Å². The predicted octanol–water partition coefficient (Wildman–Crippen LogP) is 3.13. The minimum Gasteiger partial charge on any atom is -0.444 e. The van der Waals surface area contributed by atoms with Gasteiger partial charge < -0.3 is 9.64 Å². The highest BCUT2D eigenvalue weighted by atomic mass is 32.2. The Morgan fingerprint density at radius 1 is 1.12 bits per heavy atom. The highest BCUT2D eigenvalue weighted by molar-refractivity contribution is 7.90. The zero-order valence-electron chi connectivity index (χ0n) is 16.4. The lowest BCUT2D eigenvalue weighted by Gasteiger charge is -2.43. The van der Waals surface area contributed by atoms with E-state index < -0.39 is 20.4 Å². The van der Waals surface area contributed by atoms with Crippen LogP contribution in [0.2, 0.25) is 0 Å². The summed E-state index contributed by atoms with van der Waals surface area (Å²) in [4.78, 5) is 13.9. The van der Waals surface area contributed by atoms with Crippen molar-refractivity contribution in [3.8, 4) is 0 Å². The number of hydrogen-bond donors (Lipinski definition) is 1. The summed E-state index contributed by atoms with van der Waals surface area (Å²) in [5, 5.41) is 0. The van der Waals surface area contributed by atoms with Gasteiger partial charge in [0.15, 0.2) is 0 Å². The molecule has 1 aliphatic rings. The number of nitrogens with one attached hydrogen (secondary N) is 1. The monoisotopic (exact) mass is 362 g/mol. The fourth-order valence-electron chi connectivity index (χ4n) is 2.51. The molecule has 0 bridgehead atoms. The van der Waals surface area contributed by atoms with Crippen LogP contribution in [-0.2, 0) is 14.8 Å². The first kappa shape index (κ1) is 21.2. The Kier molecular flexibility index (Phi) is 6.04. The van der Waals surface area contributed by atoms with Gasteiger partial charge in [-0.15, -0.1) is 0 Å². The van der Waals surface area contributed by atoms with Gasteiger partial charge in [0.25, 0.3) is 0 Å². The van der Waals surface area contributed by atoms with Gasteiger partial charge >= 0.3 is 6.09 Å².